The lowest BCUT2D eigenvalue weighted by Crippen LogP contribution is -2.41. The molecule has 1 fully saturated rings. The predicted octanol–water partition coefficient (Wildman–Crippen LogP) is 2.88. The summed E-state index contributed by atoms with van der Waals surface area (Å²) in [5.74, 6) is 1.88. The molecule has 1 aromatic heterocycles. The number of rotatable bonds is 5. The number of aromatic nitrogens is 2. The summed E-state index contributed by atoms with van der Waals surface area (Å²) >= 11 is 0. The van der Waals surface area contributed by atoms with Crippen molar-refractivity contribution in [2.75, 3.05) is 20.1 Å². The van der Waals surface area contributed by atoms with Gasteiger partial charge in [-0.15, -0.1) is 0 Å². The standard InChI is InChI=1S/C18H28N4/c1-14(2)21-10-6-7-15(12-21)13-22-17-9-5-4-8-16(17)20-18(22)11-19-3/h4-5,8-9,14-15,19H,6-7,10-13H2,1-3H3. The van der Waals surface area contributed by atoms with Crippen molar-refractivity contribution in [2.45, 2.75) is 45.8 Å². The van der Waals surface area contributed by atoms with Crippen LogP contribution in [-0.2, 0) is 13.1 Å². The first kappa shape index (κ1) is 15.5. The number of hydrogen-bond donors (Lipinski definition) is 1. The topological polar surface area (TPSA) is 33.1 Å². The van der Waals surface area contributed by atoms with Crippen LogP contribution in [0.4, 0.5) is 0 Å². The molecule has 1 N–H and O–H groups in total. The molecule has 1 atom stereocenters. The predicted molar refractivity (Wildman–Crippen MR) is 91.9 cm³/mol. The maximum Gasteiger partial charge on any atom is 0.123 e. The Kier molecular flexibility index (Phi) is 4.79. The molecule has 0 amide bonds. The number of benzene rings is 1. The molecule has 4 heteroatoms. The highest BCUT2D eigenvalue weighted by molar-refractivity contribution is 5.75. The highest BCUT2D eigenvalue weighted by Crippen LogP contribution is 2.24. The summed E-state index contributed by atoms with van der Waals surface area (Å²) in [6, 6.07) is 9.16. The smallest absolute Gasteiger partial charge is 0.123 e. The third-order valence-electron chi connectivity index (χ3n) is 4.79. The van der Waals surface area contributed by atoms with Gasteiger partial charge in [0, 0.05) is 19.1 Å². The van der Waals surface area contributed by atoms with E-state index in [9.17, 15) is 0 Å². The monoisotopic (exact) mass is 300 g/mol. The fraction of sp³-hybridized carbons (Fsp3) is 0.611. The SMILES string of the molecule is CNCc1nc2ccccc2n1CC1CCCN(C(C)C)C1. The van der Waals surface area contributed by atoms with E-state index in [0.717, 1.165) is 30.3 Å². The molecular weight excluding hydrogens is 272 g/mol. The second kappa shape index (κ2) is 6.80. The zero-order chi connectivity index (χ0) is 15.5. The normalized spacial score (nSPS) is 20.1. The average Bonchev–Trinajstić information content (AvgIpc) is 2.86. The summed E-state index contributed by atoms with van der Waals surface area (Å²) in [5.41, 5.74) is 2.39. The maximum atomic E-state index is 4.81. The van der Waals surface area contributed by atoms with Crippen LogP contribution in [0.3, 0.4) is 0 Å². The fourth-order valence-corrected chi connectivity index (χ4v) is 3.60. The van der Waals surface area contributed by atoms with E-state index in [1.54, 1.807) is 0 Å². The first-order chi connectivity index (χ1) is 10.7. The molecule has 1 saturated heterocycles. The van der Waals surface area contributed by atoms with Crippen LogP contribution in [0.15, 0.2) is 24.3 Å². The molecule has 22 heavy (non-hydrogen) atoms. The second-order valence-electron chi connectivity index (χ2n) is 6.75. The molecule has 1 aliphatic rings. The molecule has 1 unspecified atom stereocenters. The van der Waals surface area contributed by atoms with Crippen LogP contribution in [0.2, 0.25) is 0 Å². The molecule has 0 spiro atoms. The van der Waals surface area contributed by atoms with E-state index in [1.807, 2.05) is 7.05 Å². The van der Waals surface area contributed by atoms with Crippen LogP contribution in [0.25, 0.3) is 11.0 Å². The number of hydrogen-bond acceptors (Lipinski definition) is 3. The van der Waals surface area contributed by atoms with Crippen molar-refractivity contribution in [3.05, 3.63) is 30.1 Å². The van der Waals surface area contributed by atoms with Crippen LogP contribution in [0, 0.1) is 5.92 Å². The van der Waals surface area contributed by atoms with Gasteiger partial charge in [0.05, 0.1) is 17.6 Å². The number of piperidine rings is 1. The van der Waals surface area contributed by atoms with Crippen molar-refractivity contribution in [3.8, 4) is 0 Å². The van der Waals surface area contributed by atoms with Gasteiger partial charge in [-0.2, -0.15) is 0 Å². The van der Waals surface area contributed by atoms with Gasteiger partial charge in [-0.1, -0.05) is 12.1 Å². The Hall–Kier alpha value is -1.39. The van der Waals surface area contributed by atoms with Gasteiger partial charge in [0.1, 0.15) is 5.82 Å². The maximum absolute atomic E-state index is 4.81. The second-order valence-corrected chi connectivity index (χ2v) is 6.75. The zero-order valence-electron chi connectivity index (χ0n) is 14.0. The Morgan fingerprint density at radius 1 is 1.32 bits per heavy atom. The summed E-state index contributed by atoms with van der Waals surface area (Å²) < 4.78 is 2.43. The quantitative estimate of drug-likeness (QED) is 0.922. The lowest BCUT2D eigenvalue weighted by atomic mass is 9.96. The summed E-state index contributed by atoms with van der Waals surface area (Å²) in [6.45, 7) is 8.99. The molecule has 1 aromatic carbocycles. The van der Waals surface area contributed by atoms with Gasteiger partial charge in [0.15, 0.2) is 0 Å². The fourth-order valence-electron chi connectivity index (χ4n) is 3.60. The van der Waals surface area contributed by atoms with Crippen LogP contribution >= 0.6 is 0 Å². The molecule has 0 radical (unpaired) electrons. The minimum atomic E-state index is 0.652. The molecule has 2 aromatic rings. The van der Waals surface area contributed by atoms with Gasteiger partial charge in [-0.3, -0.25) is 0 Å². The van der Waals surface area contributed by atoms with Crippen molar-refractivity contribution in [1.29, 1.82) is 0 Å². The van der Waals surface area contributed by atoms with Gasteiger partial charge in [-0.25, -0.2) is 4.98 Å². The molecule has 0 saturated carbocycles. The van der Waals surface area contributed by atoms with E-state index in [1.165, 1.54) is 31.4 Å². The van der Waals surface area contributed by atoms with Crippen molar-refractivity contribution in [3.63, 3.8) is 0 Å². The van der Waals surface area contributed by atoms with Crippen molar-refractivity contribution in [1.82, 2.24) is 19.8 Å². The molecule has 3 rings (SSSR count). The number of fused-ring (bicyclic) bond motifs is 1. The number of nitrogens with one attached hydrogen (secondary N) is 1. The number of imidazole rings is 1. The summed E-state index contributed by atoms with van der Waals surface area (Å²) in [7, 11) is 1.99. The Morgan fingerprint density at radius 2 is 2.14 bits per heavy atom. The van der Waals surface area contributed by atoms with Gasteiger partial charge in [-0.05, 0) is 58.3 Å². The van der Waals surface area contributed by atoms with E-state index >= 15 is 0 Å². The van der Waals surface area contributed by atoms with Gasteiger partial charge in [0.25, 0.3) is 0 Å². The summed E-state index contributed by atoms with van der Waals surface area (Å²) in [6.07, 6.45) is 2.64. The summed E-state index contributed by atoms with van der Waals surface area (Å²) in [5, 5.41) is 3.26. The molecule has 0 bridgehead atoms. The van der Waals surface area contributed by atoms with E-state index < -0.39 is 0 Å². The number of para-hydroxylation sites is 2. The minimum absolute atomic E-state index is 0.652. The Labute approximate surface area is 133 Å². The van der Waals surface area contributed by atoms with Crippen LogP contribution in [-0.4, -0.2) is 40.6 Å². The third-order valence-corrected chi connectivity index (χ3v) is 4.79. The lowest BCUT2D eigenvalue weighted by molar-refractivity contribution is 0.131. The summed E-state index contributed by atoms with van der Waals surface area (Å²) in [4.78, 5) is 7.42. The highest BCUT2D eigenvalue weighted by Gasteiger charge is 2.23. The molecule has 2 heterocycles. The average molecular weight is 300 g/mol. The molecule has 120 valence electrons. The Bertz CT molecular complexity index is 617. The van der Waals surface area contributed by atoms with Crippen LogP contribution in [0.5, 0.6) is 0 Å². The zero-order valence-corrected chi connectivity index (χ0v) is 14.0. The van der Waals surface area contributed by atoms with Gasteiger partial charge < -0.3 is 14.8 Å². The molecule has 0 aliphatic carbocycles. The first-order valence-electron chi connectivity index (χ1n) is 8.52. The lowest BCUT2D eigenvalue weighted by Gasteiger charge is -2.35. The Morgan fingerprint density at radius 3 is 2.91 bits per heavy atom. The Balaban J connectivity index is 1.84. The van der Waals surface area contributed by atoms with Crippen LogP contribution in [0.1, 0.15) is 32.5 Å². The van der Waals surface area contributed by atoms with Gasteiger partial charge in [0.2, 0.25) is 0 Å². The van der Waals surface area contributed by atoms with Crippen molar-refractivity contribution < 1.29 is 0 Å². The van der Waals surface area contributed by atoms with Crippen molar-refractivity contribution >= 4 is 11.0 Å². The van der Waals surface area contributed by atoms with E-state index in [4.69, 9.17) is 4.98 Å². The minimum Gasteiger partial charge on any atom is -0.327 e. The van der Waals surface area contributed by atoms with Crippen molar-refractivity contribution in [2.24, 2.45) is 5.92 Å². The molecule has 1 aliphatic heterocycles. The number of likely N-dealkylation sites (tertiary alicyclic amines) is 1. The van der Waals surface area contributed by atoms with Crippen LogP contribution < -0.4 is 5.32 Å². The van der Waals surface area contributed by atoms with Gasteiger partial charge >= 0.3 is 0 Å². The first-order valence-corrected chi connectivity index (χ1v) is 8.52. The molecule has 4 nitrogen and oxygen atoms in total. The largest absolute Gasteiger partial charge is 0.327 e. The number of nitrogens with zero attached hydrogens (tertiary/aromatic N) is 3. The molecular formula is C18H28N4. The van der Waals surface area contributed by atoms with E-state index in [-0.39, 0.29) is 0 Å². The highest BCUT2D eigenvalue weighted by atomic mass is 15.2. The van der Waals surface area contributed by atoms with E-state index in [2.05, 4.69) is 52.9 Å². The third kappa shape index (κ3) is 3.18. The van der Waals surface area contributed by atoms with E-state index in [0.29, 0.717) is 6.04 Å².